The van der Waals surface area contributed by atoms with Crippen molar-refractivity contribution in [3.63, 3.8) is 0 Å². The van der Waals surface area contributed by atoms with Gasteiger partial charge in [-0.1, -0.05) is 47.0 Å². The number of benzene rings is 1. The Morgan fingerprint density at radius 3 is 2.56 bits per heavy atom. The van der Waals surface area contributed by atoms with E-state index in [9.17, 15) is 8.42 Å². The summed E-state index contributed by atoms with van der Waals surface area (Å²) >= 11 is 3.57. The first-order valence-electron chi connectivity index (χ1n) is 6.23. The molecule has 0 saturated heterocycles. The number of nitrogens with one attached hydrogen (secondary N) is 1. The summed E-state index contributed by atoms with van der Waals surface area (Å²) in [5.41, 5.74) is 0.784. The fourth-order valence-corrected chi connectivity index (χ4v) is 4.79. The quantitative estimate of drug-likeness (QED) is 0.865. The van der Waals surface area contributed by atoms with Crippen LogP contribution >= 0.6 is 15.9 Å². The molecule has 0 spiro atoms. The summed E-state index contributed by atoms with van der Waals surface area (Å²) in [7, 11) is -3.40. The maximum absolute atomic E-state index is 12.3. The van der Waals surface area contributed by atoms with Gasteiger partial charge >= 0.3 is 0 Å². The minimum atomic E-state index is -3.40. The molecule has 1 aromatic rings. The highest BCUT2D eigenvalue weighted by molar-refractivity contribution is 9.09. The highest BCUT2D eigenvalue weighted by Crippen LogP contribution is 2.26. The fourth-order valence-electron chi connectivity index (χ4n) is 2.34. The predicted octanol–water partition coefficient (Wildman–Crippen LogP) is 2.98. The van der Waals surface area contributed by atoms with Crippen molar-refractivity contribution in [2.24, 2.45) is 0 Å². The molecule has 0 aliphatic heterocycles. The van der Waals surface area contributed by atoms with Crippen LogP contribution in [-0.2, 0) is 10.0 Å². The van der Waals surface area contributed by atoms with Gasteiger partial charge < -0.3 is 0 Å². The van der Waals surface area contributed by atoms with E-state index in [2.05, 4.69) is 20.7 Å². The number of hydrogen-bond donors (Lipinski definition) is 1. The third kappa shape index (κ3) is 3.13. The van der Waals surface area contributed by atoms with Crippen molar-refractivity contribution in [1.82, 2.24) is 4.72 Å². The van der Waals surface area contributed by atoms with Crippen LogP contribution in [0.3, 0.4) is 0 Å². The molecular weight excluding hydrogens is 314 g/mol. The molecule has 1 fully saturated rings. The summed E-state index contributed by atoms with van der Waals surface area (Å²) in [6.07, 6.45) is 4.18. The van der Waals surface area contributed by atoms with Crippen LogP contribution in [0.4, 0.5) is 0 Å². The zero-order valence-corrected chi connectivity index (χ0v) is 12.8. The standard InChI is InChI=1S/C13H18BrNO2S/c1-10-6-2-5-9-13(10)18(16,17)15-12-8-4-3-7-11(12)14/h2,5-6,9,11-12,15H,3-4,7-8H2,1H3. The Balaban J connectivity index is 2.19. The van der Waals surface area contributed by atoms with Crippen molar-refractivity contribution in [2.75, 3.05) is 0 Å². The van der Waals surface area contributed by atoms with Crippen molar-refractivity contribution in [3.05, 3.63) is 29.8 Å². The maximum Gasteiger partial charge on any atom is 0.241 e. The monoisotopic (exact) mass is 331 g/mol. The van der Waals surface area contributed by atoms with Gasteiger partial charge in [-0.25, -0.2) is 13.1 Å². The van der Waals surface area contributed by atoms with Crippen LogP contribution in [0.15, 0.2) is 29.2 Å². The SMILES string of the molecule is Cc1ccccc1S(=O)(=O)NC1CCCCC1Br. The molecule has 2 rings (SSSR count). The van der Waals surface area contributed by atoms with Crippen molar-refractivity contribution in [2.45, 2.75) is 48.4 Å². The van der Waals surface area contributed by atoms with E-state index in [1.165, 1.54) is 6.42 Å². The van der Waals surface area contributed by atoms with E-state index in [0.29, 0.717) is 4.90 Å². The summed E-state index contributed by atoms with van der Waals surface area (Å²) in [5, 5.41) is 0. The summed E-state index contributed by atoms with van der Waals surface area (Å²) < 4.78 is 27.5. The van der Waals surface area contributed by atoms with Crippen LogP contribution in [0.5, 0.6) is 0 Å². The molecule has 1 aliphatic carbocycles. The predicted molar refractivity (Wildman–Crippen MR) is 76.5 cm³/mol. The topological polar surface area (TPSA) is 46.2 Å². The lowest BCUT2D eigenvalue weighted by molar-refractivity contribution is 0.427. The van der Waals surface area contributed by atoms with Crippen molar-refractivity contribution >= 4 is 26.0 Å². The summed E-state index contributed by atoms with van der Waals surface area (Å²) in [6.45, 7) is 1.82. The molecule has 1 aliphatic rings. The van der Waals surface area contributed by atoms with Gasteiger partial charge in [0.25, 0.3) is 0 Å². The Morgan fingerprint density at radius 2 is 1.89 bits per heavy atom. The molecular formula is C13H18BrNO2S. The average Bonchev–Trinajstić information content (AvgIpc) is 2.32. The van der Waals surface area contributed by atoms with Crippen molar-refractivity contribution < 1.29 is 8.42 Å². The van der Waals surface area contributed by atoms with Gasteiger partial charge in [0, 0.05) is 10.9 Å². The second kappa shape index (κ2) is 5.72. The zero-order chi connectivity index (χ0) is 13.2. The third-order valence-electron chi connectivity index (χ3n) is 3.37. The molecule has 0 bridgehead atoms. The third-order valence-corrected chi connectivity index (χ3v) is 6.12. The summed E-state index contributed by atoms with van der Waals surface area (Å²) in [5.74, 6) is 0. The average molecular weight is 332 g/mol. The van der Waals surface area contributed by atoms with Crippen molar-refractivity contribution in [1.29, 1.82) is 0 Å². The Hall–Kier alpha value is -0.390. The number of hydrogen-bond acceptors (Lipinski definition) is 2. The first kappa shape index (κ1) is 14.0. The number of aryl methyl sites for hydroxylation is 1. The van der Waals surface area contributed by atoms with Crippen LogP contribution in [0, 0.1) is 6.92 Å². The van der Waals surface area contributed by atoms with Crippen molar-refractivity contribution in [3.8, 4) is 0 Å². The Labute approximate surface area is 117 Å². The highest BCUT2D eigenvalue weighted by atomic mass is 79.9. The Bertz CT molecular complexity index is 515. The fraction of sp³-hybridized carbons (Fsp3) is 0.538. The van der Waals surface area contributed by atoms with Gasteiger partial charge in [0.05, 0.1) is 4.90 Å². The molecule has 0 heterocycles. The van der Waals surface area contributed by atoms with Gasteiger partial charge in [-0.05, 0) is 31.4 Å². The lowest BCUT2D eigenvalue weighted by atomic mass is 9.96. The van der Waals surface area contributed by atoms with E-state index >= 15 is 0 Å². The first-order valence-corrected chi connectivity index (χ1v) is 8.62. The van der Waals surface area contributed by atoms with E-state index in [-0.39, 0.29) is 10.9 Å². The molecule has 0 aromatic heterocycles. The molecule has 1 saturated carbocycles. The number of alkyl halides is 1. The molecule has 2 unspecified atom stereocenters. The molecule has 2 atom stereocenters. The van der Waals surface area contributed by atoms with E-state index in [1.54, 1.807) is 12.1 Å². The molecule has 18 heavy (non-hydrogen) atoms. The van der Waals surface area contributed by atoms with Gasteiger partial charge in [0.2, 0.25) is 10.0 Å². The Kier molecular flexibility index (Phi) is 4.45. The minimum Gasteiger partial charge on any atom is -0.207 e. The molecule has 1 aromatic carbocycles. The smallest absolute Gasteiger partial charge is 0.207 e. The number of halogens is 1. The van der Waals surface area contributed by atoms with Crippen LogP contribution in [0.25, 0.3) is 0 Å². The summed E-state index contributed by atoms with van der Waals surface area (Å²) in [4.78, 5) is 0.625. The maximum atomic E-state index is 12.3. The van der Waals surface area contributed by atoms with E-state index in [4.69, 9.17) is 0 Å². The van der Waals surface area contributed by atoms with Crippen LogP contribution in [0.2, 0.25) is 0 Å². The second-order valence-corrected chi connectivity index (χ2v) is 7.65. The Morgan fingerprint density at radius 1 is 1.22 bits per heavy atom. The van der Waals surface area contributed by atoms with E-state index in [1.807, 2.05) is 19.1 Å². The first-order chi connectivity index (χ1) is 8.50. The zero-order valence-electron chi connectivity index (χ0n) is 10.4. The summed E-state index contributed by atoms with van der Waals surface area (Å²) in [6, 6.07) is 7.09. The normalized spacial score (nSPS) is 25.0. The second-order valence-electron chi connectivity index (χ2n) is 4.79. The van der Waals surface area contributed by atoms with Gasteiger partial charge in [0.15, 0.2) is 0 Å². The minimum absolute atomic E-state index is 0.00311. The van der Waals surface area contributed by atoms with Gasteiger partial charge in [0.1, 0.15) is 0 Å². The number of rotatable bonds is 3. The molecule has 3 nitrogen and oxygen atoms in total. The number of sulfonamides is 1. The lowest BCUT2D eigenvalue weighted by Gasteiger charge is -2.28. The molecule has 1 N–H and O–H groups in total. The largest absolute Gasteiger partial charge is 0.241 e. The highest BCUT2D eigenvalue weighted by Gasteiger charge is 2.28. The van der Waals surface area contributed by atoms with Crippen LogP contribution in [-0.4, -0.2) is 19.3 Å². The van der Waals surface area contributed by atoms with E-state index in [0.717, 1.165) is 24.8 Å². The van der Waals surface area contributed by atoms with Crippen LogP contribution in [0.1, 0.15) is 31.2 Å². The van der Waals surface area contributed by atoms with Gasteiger partial charge in [-0.15, -0.1) is 0 Å². The van der Waals surface area contributed by atoms with Gasteiger partial charge in [-0.2, -0.15) is 0 Å². The lowest BCUT2D eigenvalue weighted by Crippen LogP contribution is -2.42. The van der Waals surface area contributed by atoms with Gasteiger partial charge in [-0.3, -0.25) is 0 Å². The van der Waals surface area contributed by atoms with E-state index < -0.39 is 10.0 Å². The molecule has 0 radical (unpaired) electrons. The molecule has 100 valence electrons. The molecule has 5 heteroatoms. The van der Waals surface area contributed by atoms with Crippen LogP contribution < -0.4 is 4.72 Å². The molecule has 0 amide bonds.